The predicted molar refractivity (Wildman–Crippen MR) is 120 cm³/mol. The van der Waals surface area contributed by atoms with Crippen LogP contribution in [-0.4, -0.2) is 58.3 Å². The number of hydrogen-bond acceptors (Lipinski definition) is 4. The average Bonchev–Trinajstić information content (AvgIpc) is 2.83. The SMILES string of the molecule is COc1cc(C(=O)N2CC[NH+](Cc3cccc4ccccc34)CC2)cc(OC)c1OC. The molecule has 3 aromatic carbocycles. The number of rotatable bonds is 6. The van der Waals surface area contributed by atoms with Gasteiger partial charge in [0.25, 0.3) is 5.91 Å². The van der Waals surface area contributed by atoms with Gasteiger partial charge in [0.1, 0.15) is 6.54 Å². The number of hydrogen-bond donors (Lipinski definition) is 1. The molecule has 0 unspecified atom stereocenters. The normalized spacial score (nSPS) is 14.5. The summed E-state index contributed by atoms with van der Waals surface area (Å²) in [7, 11) is 4.67. The van der Waals surface area contributed by atoms with Crippen LogP contribution < -0.4 is 19.1 Å². The molecule has 4 rings (SSSR count). The van der Waals surface area contributed by atoms with Crippen LogP contribution in [0, 0.1) is 0 Å². The van der Waals surface area contributed by atoms with E-state index in [-0.39, 0.29) is 5.91 Å². The molecule has 0 radical (unpaired) electrons. The Morgan fingerprint density at radius 1 is 0.903 bits per heavy atom. The van der Waals surface area contributed by atoms with Crippen molar-refractivity contribution < 1.29 is 23.9 Å². The smallest absolute Gasteiger partial charge is 0.254 e. The number of fused-ring (bicyclic) bond motifs is 1. The van der Waals surface area contributed by atoms with Gasteiger partial charge in [-0.15, -0.1) is 0 Å². The van der Waals surface area contributed by atoms with Crippen molar-refractivity contribution in [2.45, 2.75) is 6.54 Å². The molecule has 1 aliphatic heterocycles. The van der Waals surface area contributed by atoms with Gasteiger partial charge < -0.3 is 24.0 Å². The summed E-state index contributed by atoms with van der Waals surface area (Å²) in [6.07, 6.45) is 0. The van der Waals surface area contributed by atoms with E-state index in [0.717, 1.165) is 32.7 Å². The lowest BCUT2D eigenvalue weighted by molar-refractivity contribution is -0.917. The standard InChI is InChI=1S/C25H28N2O4/c1-29-22-15-20(16-23(30-2)24(22)31-3)25(28)27-13-11-26(12-14-27)17-19-9-6-8-18-7-4-5-10-21(18)19/h4-10,15-16H,11-14,17H2,1-3H3/p+1. The highest BCUT2D eigenvalue weighted by molar-refractivity contribution is 5.95. The summed E-state index contributed by atoms with van der Waals surface area (Å²) < 4.78 is 16.2. The first-order valence-electron chi connectivity index (χ1n) is 10.5. The highest BCUT2D eigenvalue weighted by Crippen LogP contribution is 2.38. The van der Waals surface area contributed by atoms with Gasteiger partial charge in [-0.2, -0.15) is 0 Å². The van der Waals surface area contributed by atoms with Gasteiger partial charge in [-0.3, -0.25) is 4.79 Å². The Labute approximate surface area is 182 Å². The second kappa shape index (κ2) is 9.27. The Kier molecular flexibility index (Phi) is 6.28. The molecule has 162 valence electrons. The molecule has 6 nitrogen and oxygen atoms in total. The van der Waals surface area contributed by atoms with Gasteiger partial charge in [-0.25, -0.2) is 0 Å². The summed E-state index contributed by atoms with van der Waals surface area (Å²) in [4.78, 5) is 16.5. The van der Waals surface area contributed by atoms with Crippen LogP contribution in [0.1, 0.15) is 15.9 Å². The Morgan fingerprint density at radius 3 is 2.19 bits per heavy atom. The number of carbonyl (C=O) groups excluding carboxylic acids is 1. The van der Waals surface area contributed by atoms with Gasteiger partial charge in [0.15, 0.2) is 11.5 Å². The maximum absolute atomic E-state index is 13.1. The van der Waals surface area contributed by atoms with Crippen molar-refractivity contribution in [3.05, 3.63) is 65.7 Å². The van der Waals surface area contributed by atoms with E-state index >= 15 is 0 Å². The van der Waals surface area contributed by atoms with Crippen molar-refractivity contribution in [3.8, 4) is 17.2 Å². The van der Waals surface area contributed by atoms with E-state index in [2.05, 4.69) is 42.5 Å². The molecule has 1 N–H and O–H groups in total. The first-order chi connectivity index (χ1) is 15.1. The molecule has 1 fully saturated rings. The third-order valence-corrected chi connectivity index (χ3v) is 5.99. The van der Waals surface area contributed by atoms with Crippen LogP contribution in [0.25, 0.3) is 10.8 Å². The van der Waals surface area contributed by atoms with E-state index in [0.29, 0.717) is 22.8 Å². The first-order valence-corrected chi connectivity index (χ1v) is 10.5. The molecular weight excluding hydrogens is 392 g/mol. The molecule has 6 heteroatoms. The Morgan fingerprint density at radius 2 is 1.55 bits per heavy atom. The summed E-state index contributed by atoms with van der Waals surface area (Å²) in [5.74, 6) is 1.46. The molecule has 3 aromatic rings. The number of piperazine rings is 1. The molecular formula is C25H29N2O4+. The van der Waals surface area contributed by atoms with E-state index in [9.17, 15) is 4.79 Å². The second-order valence-electron chi connectivity index (χ2n) is 7.77. The molecule has 1 saturated heterocycles. The van der Waals surface area contributed by atoms with Crippen LogP contribution in [0.5, 0.6) is 17.2 Å². The highest BCUT2D eigenvalue weighted by atomic mass is 16.5. The minimum Gasteiger partial charge on any atom is -0.493 e. The number of quaternary nitrogens is 1. The van der Waals surface area contributed by atoms with Crippen LogP contribution in [-0.2, 0) is 6.54 Å². The Hall–Kier alpha value is -3.25. The van der Waals surface area contributed by atoms with Gasteiger partial charge in [-0.1, -0.05) is 42.5 Å². The fourth-order valence-corrected chi connectivity index (χ4v) is 4.31. The molecule has 31 heavy (non-hydrogen) atoms. The maximum Gasteiger partial charge on any atom is 0.254 e. The number of amides is 1. The fourth-order valence-electron chi connectivity index (χ4n) is 4.31. The van der Waals surface area contributed by atoms with E-state index < -0.39 is 0 Å². The summed E-state index contributed by atoms with van der Waals surface area (Å²) in [5.41, 5.74) is 1.91. The topological polar surface area (TPSA) is 52.4 Å². The predicted octanol–water partition coefficient (Wildman–Crippen LogP) is 2.41. The van der Waals surface area contributed by atoms with Crippen LogP contribution >= 0.6 is 0 Å². The van der Waals surface area contributed by atoms with Crippen molar-refractivity contribution in [1.82, 2.24) is 4.90 Å². The average molecular weight is 422 g/mol. The first kappa shape index (κ1) is 21.0. The number of carbonyl (C=O) groups is 1. The molecule has 1 aliphatic rings. The van der Waals surface area contributed by atoms with Gasteiger partial charge >= 0.3 is 0 Å². The largest absolute Gasteiger partial charge is 0.493 e. The maximum atomic E-state index is 13.1. The van der Waals surface area contributed by atoms with E-state index in [1.807, 2.05) is 4.90 Å². The van der Waals surface area contributed by atoms with Crippen LogP contribution in [0.2, 0.25) is 0 Å². The third-order valence-electron chi connectivity index (χ3n) is 5.99. The Balaban J connectivity index is 1.44. The molecule has 0 aliphatic carbocycles. The molecule has 1 amide bonds. The zero-order chi connectivity index (χ0) is 21.8. The van der Waals surface area contributed by atoms with Gasteiger partial charge in [-0.05, 0) is 22.9 Å². The molecule has 0 spiro atoms. The summed E-state index contributed by atoms with van der Waals surface area (Å²) >= 11 is 0. The third kappa shape index (κ3) is 4.30. The monoisotopic (exact) mass is 421 g/mol. The van der Waals surface area contributed by atoms with Crippen molar-refractivity contribution in [3.63, 3.8) is 0 Å². The number of ether oxygens (including phenoxy) is 3. The molecule has 1 heterocycles. The summed E-state index contributed by atoms with van der Waals surface area (Å²) in [6, 6.07) is 18.4. The lowest BCUT2D eigenvalue weighted by atomic mass is 10.0. The molecule has 0 aromatic heterocycles. The van der Waals surface area contributed by atoms with E-state index in [1.165, 1.54) is 21.2 Å². The second-order valence-corrected chi connectivity index (χ2v) is 7.77. The molecule has 0 bridgehead atoms. The fraction of sp³-hybridized carbons (Fsp3) is 0.320. The van der Waals surface area contributed by atoms with Crippen LogP contribution in [0.4, 0.5) is 0 Å². The lowest BCUT2D eigenvalue weighted by Gasteiger charge is -2.32. The van der Waals surface area contributed by atoms with E-state index in [4.69, 9.17) is 14.2 Å². The number of nitrogens with zero attached hydrogens (tertiary/aromatic N) is 1. The zero-order valence-corrected chi connectivity index (χ0v) is 18.3. The van der Waals surface area contributed by atoms with Crippen molar-refractivity contribution in [2.24, 2.45) is 0 Å². The van der Waals surface area contributed by atoms with Crippen molar-refractivity contribution in [1.29, 1.82) is 0 Å². The van der Waals surface area contributed by atoms with Crippen LogP contribution in [0.3, 0.4) is 0 Å². The summed E-state index contributed by atoms with van der Waals surface area (Å²) in [5, 5.41) is 2.59. The summed E-state index contributed by atoms with van der Waals surface area (Å²) in [6.45, 7) is 4.23. The van der Waals surface area contributed by atoms with E-state index in [1.54, 1.807) is 33.5 Å². The highest BCUT2D eigenvalue weighted by Gasteiger charge is 2.26. The van der Waals surface area contributed by atoms with Crippen molar-refractivity contribution in [2.75, 3.05) is 47.5 Å². The molecule has 0 saturated carbocycles. The van der Waals surface area contributed by atoms with Crippen molar-refractivity contribution >= 4 is 16.7 Å². The number of benzene rings is 3. The number of nitrogens with one attached hydrogen (secondary N) is 1. The van der Waals surface area contributed by atoms with Crippen LogP contribution in [0.15, 0.2) is 54.6 Å². The minimum atomic E-state index is -0.0107. The van der Waals surface area contributed by atoms with Gasteiger partial charge in [0, 0.05) is 11.1 Å². The number of methoxy groups -OCH3 is 3. The Bertz CT molecular complexity index is 1040. The quantitative estimate of drug-likeness (QED) is 0.664. The minimum absolute atomic E-state index is 0.0107. The molecule has 0 atom stereocenters. The lowest BCUT2D eigenvalue weighted by Crippen LogP contribution is -3.13. The van der Waals surface area contributed by atoms with Gasteiger partial charge in [0.05, 0.1) is 47.5 Å². The zero-order valence-electron chi connectivity index (χ0n) is 18.3. The van der Waals surface area contributed by atoms with Gasteiger partial charge in [0.2, 0.25) is 5.75 Å².